The molecule has 29 heavy (non-hydrogen) atoms. The van der Waals surface area contributed by atoms with Crippen molar-refractivity contribution < 1.29 is 31.1 Å². The van der Waals surface area contributed by atoms with Crippen LogP contribution in [0.5, 0.6) is 0 Å². The van der Waals surface area contributed by atoms with Crippen LogP contribution in [0.1, 0.15) is 25.7 Å². The summed E-state index contributed by atoms with van der Waals surface area (Å²) in [6, 6.07) is 3.84. The Balaban J connectivity index is 1.49. The largest absolute Gasteiger partial charge is 0.348 e. The average Bonchev–Trinajstić information content (AvgIpc) is 3.12. The van der Waals surface area contributed by atoms with Crippen molar-refractivity contribution in [3.8, 4) is 11.3 Å². The van der Waals surface area contributed by atoms with Gasteiger partial charge in [-0.25, -0.2) is 21.6 Å². The lowest BCUT2D eigenvalue weighted by Gasteiger charge is -2.35. The molecule has 2 fully saturated rings. The molecule has 1 aliphatic carbocycles. The highest BCUT2D eigenvalue weighted by Gasteiger charge is 2.41. The molecule has 0 radical (unpaired) electrons. The Labute approximate surface area is 166 Å². The minimum absolute atomic E-state index is 0.0719. The molecule has 1 aliphatic heterocycles. The Morgan fingerprint density at radius 3 is 2.34 bits per heavy atom. The fourth-order valence-electron chi connectivity index (χ4n) is 3.97. The van der Waals surface area contributed by atoms with E-state index in [4.69, 9.17) is 9.47 Å². The molecule has 1 spiro atoms. The third-order valence-corrected chi connectivity index (χ3v) is 7.38. The molecule has 0 amide bonds. The van der Waals surface area contributed by atoms with Gasteiger partial charge in [-0.3, -0.25) is 4.98 Å². The predicted molar refractivity (Wildman–Crippen MR) is 98.2 cm³/mol. The maximum atomic E-state index is 14.5. The van der Waals surface area contributed by atoms with E-state index in [0.717, 1.165) is 18.3 Å². The van der Waals surface area contributed by atoms with Crippen molar-refractivity contribution in [2.24, 2.45) is 5.92 Å². The SMILES string of the molecule is O=S(=O)(CC1CCC2(CC1)OCCO2)c1ccc(-c2ncc(F)cc2F)c(F)c1. The van der Waals surface area contributed by atoms with Gasteiger partial charge in [-0.15, -0.1) is 0 Å². The minimum Gasteiger partial charge on any atom is -0.348 e. The highest BCUT2D eigenvalue weighted by molar-refractivity contribution is 7.91. The van der Waals surface area contributed by atoms with Crippen LogP contribution in [0.3, 0.4) is 0 Å². The highest BCUT2D eigenvalue weighted by Crippen LogP contribution is 2.39. The summed E-state index contributed by atoms with van der Waals surface area (Å²) >= 11 is 0. The summed E-state index contributed by atoms with van der Waals surface area (Å²) < 4.78 is 78.2. The number of nitrogens with zero attached hydrogens (tertiary/aromatic N) is 1. The molecule has 0 unspecified atom stereocenters. The highest BCUT2D eigenvalue weighted by atomic mass is 32.2. The number of benzene rings is 1. The van der Waals surface area contributed by atoms with Gasteiger partial charge in [-0.2, -0.15) is 0 Å². The van der Waals surface area contributed by atoms with Gasteiger partial charge in [0.15, 0.2) is 21.4 Å². The van der Waals surface area contributed by atoms with Gasteiger partial charge >= 0.3 is 0 Å². The zero-order chi connectivity index (χ0) is 20.6. The van der Waals surface area contributed by atoms with Crippen LogP contribution in [0.4, 0.5) is 13.2 Å². The topological polar surface area (TPSA) is 65.5 Å². The Kier molecular flexibility index (Phi) is 5.39. The number of ether oxygens (including phenoxy) is 2. The molecule has 1 aromatic heterocycles. The van der Waals surface area contributed by atoms with Crippen molar-refractivity contribution in [3.05, 3.63) is 47.9 Å². The van der Waals surface area contributed by atoms with Crippen LogP contribution >= 0.6 is 0 Å². The number of hydrogen-bond acceptors (Lipinski definition) is 5. The van der Waals surface area contributed by atoms with Crippen LogP contribution in [-0.4, -0.2) is 38.2 Å². The van der Waals surface area contributed by atoms with Crippen LogP contribution in [0.2, 0.25) is 0 Å². The van der Waals surface area contributed by atoms with E-state index in [-0.39, 0.29) is 27.8 Å². The lowest BCUT2D eigenvalue weighted by molar-refractivity contribution is -0.181. The Morgan fingerprint density at radius 1 is 1.03 bits per heavy atom. The number of pyridine rings is 1. The first-order valence-electron chi connectivity index (χ1n) is 9.40. The molecular formula is C20H20F3NO4S. The van der Waals surface area contributed by atoms with E-state index in [1.54, 1.807) is 0 Å². The first-order chi connectivity index (χ1) is 13.8. The van der Waals surface area contributed by atoms with E-state index in [1.807, 2.05) is 0 Å². The van der Waals surface area contributed by atoms with Crippen molar-refractivity contribution in [1.82, 2.24) is 4.98 Å². The molecular weight excluding hydrogens is 407 g/mol. The van der Waals surface area contributed by atoms with Crippen LogP contribution in [0, 0.1) is 23.4 Å². The normalized spacial score (nSPS) is 19.7. The van der Waals surface area contributed by atoms with Crippen LogP contribution < -0.4 is 0 Å². The number of rotatable bonds is 4. The quantitative estimate of drug-likeness (QED) is 0.741. The Morgan fingerprint density at radius 2 is 1.72 bits per heavy atom. The third-order valence-electron chi connectivity index (χ3n) is 5.50. The van der Waals surface area contributed by atoms with Gasteiger partial charge < -0.3 is 9.47 Å². The van der Waals surface area contributed by atoms with E-state index in [1.165, 1.54) is 6.07 Å². The molecule has 1 aromatic carbocycles. The van der Waals surface area contributed by atoms with Crippen molar-refractivity contribution >= 4 is 9.84 Å². The summed E-state index contributed by atoms with van der Waals surface area (Å²) in [5.74, 6) is -3.58. The van der Waals surface area contributed by atoms with Crippen molar-refractivity contribution in [3.63, 3.8) is 0 Å². The van der Waals surface area contributed by atoms with Gasteiger partial charge in [-0.05, 0) is 37.0 Å². The molecule has 1 saturated carbocycles. The second-order valence-corrected chi connectivity index (χ2v) is 9.49. The molecule has 0 atom stereocenters. The van der Waals surface area contributed by atoms with Crippen molar-refractivity contribution in [1.29, 1.82) is 0 Å². The molecule has 156 valence electrons. The van der Waals surface area contributed by atoms with E-state index in [0.29, 0.717) is 45.0 Å². The van der Waals surface area contributed by atoms with Gasteiger partial charge in [0.25, 0.3) is 0 Å². The lowest BCUT2D eigenvalue weighted by Crippen LogP contribution is -2.36. The van der Waals surface area contributed by atoms with E-state index in [9.17, 15) is 21.6 Å². The second kappa shape index (κ2) is 7.70. The van der Waals surface area contributed by atoms with E-state index >= 15 is 0 Å². The molecule has 4 rings (SSSR count). The summed E-state index contributed by atoms with van der Waals surface area (Å²) in [6.07, 6.45) is 3.33. The van der Waals surface area contributed by atoms with Gasteiger partial charge in [0.05, 0.1) is 30.1 Å². The van der Waals surface area contributed by atoms with Gasteiger partial charge in [-0.1, -0.05) is 0 Å². The monoisotopic (exact) mass is 427 g/mol. The third kappa shape index (κ3) is 4.17. The Hall–Kier alpha value is -1.97. The number of sulfone groups is 1. The molecule has 2 aliphatic rings. The van der Waals surface area contributed by atoms with Gasteiger partial charge in [0, 0.05) is 24.5 Å². The fourth-order valence-corrected chi connectivity index (χ4v) is 5.68. The molecule has 5 nitrogen and oxygen atoms in total. The predicted octanol–water partition coefficient (Wildman–Crippen LogP) is 3.87. The zero-order valence-electron chi connectivity index (χ0n) is 15.5. The number of halogens is 3. The smallest absolute Gasteiger partial charge is 0.178 e. The van der Waals surface area contributed by atoms with Crippen molar-refractivity contribution in [2.45, 2.75) is 36.4 Å². The first-order valence-corrected chi connectivity index (χ1v) is 11.0. The summed E-state index contributed by atoms with van der Waals surface area (Å²) in [4.78, 5) is 3.39. The fraction of sp³-hybridized carbons (Fsp3) is 0.450. The second-order valence-electron chi connectivity index (χ2n) is 7.46. The minimum atomic E-state index is -3.73. The van der Waals surface area contributed by atoms with Gasteiger partial charge in [0.2, 0.25) is 0 Å². The lowest BCUT2D eigenvalue weighted by atomic mass is 9.86. The van der Waals surface area contributed by atoms with E-state index < -0.39 is 33.1 Å². The van der Waals surface area contributed by atoms with Gasteiger partial charge in [0.1, 0.15) is 17.3 Å². The first kappa shape index (κ1) is 20.3. The zero-order valence-corrected chi connectivity index (χ0v) is 16.4. The molecule has 9 heteroatoms. The summed E-state index contributed by atoms with van der Waals surface area (Å²) in [7, 11) is -3.73. The van der Waals surface area contributed by atoms with E-state index in [2.05, 4.69) is 4.98 Å². The van der Waals surface area contributed by atoms with Crippen molar-refractivity contribution in [2.75, 3.05) is 19.0 Å². The van der Waals surface area contributed by atoms with Crippen LogP contribution in [-0.2, 0) is 19.3 Å². The average molecular weight is 427 g/mol. The maximum Gasteiger partial charge on any atom is 0.178 e. The molecule has 0 bridgehead atoms. The summed E-state index contributed by atoms with van der Waals surface area (Å²) in [5, 5.41) is 0. The number of aromatic nitrogens is 1. The molecule has 1 saturated heterocycles. The maximum absolute atomic E-state index is 14.5. The standard InChI is InChI=1S/C20H20F3NO4S/c21-14-9-18(23)19(24-11-14)16-2-1-15(10-17(16)22)29(25,26)12-13-3-5-20(6-4-13)27-7-8-28-20/h1-2,9-11,13H,3-8,12H2. The molecule has 2 aromatic rings. The Bertz CT molecular complexity index is 1010. The molecule has 2 heterocycles. The summed E-state index contributed by atoms with van der Waals surface area (Å²) in [5.41, 5.74) is -0.599. The van der Waals surface area contributed by atoms with Crippen LogP contribution in [0.15, 0.2) is 35.4 Å². The van der Waals surface area contributed by atoms with Crippen LogP contribution in [0.25, 0.3) is 11.3 Å². The summed E-state index contributed by atoms with van der Waals surface area (Å²) in [6.45, 7) is 1.11. The molecule has 0 N–H and O–H groups in total. The number of hydrogen-bond donors (Lipinski definition) is 0.